The summed E-state index contributed by atoms with van der Waals surface area (Å²) >= 11 is 0. The monoisotopic (exact) mass is 502 g/mol. The lowest BCUT2D eigenvalue weighted by Gasteiger charge is -2.32. The standard InChI is InChI=1S/C28H34N6O3/c1-20-3-4-21(19-35)15-26(20)32(2)27-5-8-29-28(31-27)30-22-16-23(33-9-6-25(36)7-10-33)18-24(17-22)34-11-13-37-14-12-34/h3-5,8,15-18,35H,6-7,9-14,19H2,1-2H3,(H,29,30,31). The molecule has 0 saturated carbocycles. The molecule has 0 radical (unpaired) electrons. The maximum atomic E-state index is 11.8. The Morgan fingerprint density at radius 3 is 2.41 bits per heavy atom. The van der Waals surface area contributed by atoms with Crippen LogP contribution in [0.2, 0.25) is 0 Å². The number of Topliss-reactive ketones (excluding diaryl/α,β-unsaturated/α-hetero) is 1. The van der Waals surface area contributed by atoms with E-state index >= 15 is 0 Å². The van der Waals surface area contributed by atoms with E-state index in [4.69, 9.17) is 9.72 Å². The number of aryl methyl sites for hydroxylation is 1. The minimum absolute atomic E-state index is 0.00923. The molecule has 37 heavy (non-hydrogen) atoms. The number of aliphatic hydroxyl groups is 1. The molecule has 9 heteroatoms. The quantitative estimate of drug-likeness (QED) is 0.500. The summed E-state index contributed by atoms with van der Waals surface area (Å²) in [7, 11) is 1.96. The maximum absolute atomic E-state index is 11.8. The number of aliphatic hydroxyl groups excluding tert-OH is 1. The van der Waals surface area contributed by atoms with Gasteiger partial charge < -0.3 is 29.9 Å². The molecule has 3 aromatic rings. The number of nitrogens with zero attached hydrogens (tertiary/aromatic N) is 5. The SMILES string of the molecule is Cc1ccc(CO)cc1N(C)c1ccnc(Nc2cc(N3CCOCC3)cc(N3CCC(=O)CC3)c2)n1. The van der Waals surface area contributed by atoms with Crippen molar-refractivity contribution in [1.82, 2.24) is 9.97 Å². The molecular formula is C28H34N6O3. The van der Waals surface area contributed by atoms with Crippen molar-refractivity contribution >= 4 is 40.3 Å². The van der Waals surface area contributed by atoms with E-state index in [0.717, 1.165) is 65.9 Å². The molecule has 2 aliphatic rings. The van der Waals surface area contributed by atoms with Gasteiger partial charge >= 0.3 is 0 Å². The van der Waals surface area contributed by atoms with Crippen LogP contribution in [-0.4, -0.2) is 67.3 Å². The number of ketones is 1. The van der Waals surface area contributed by atoms with Crippen LogP contribution in [0.3, 0.4) is 0 Å². The smallest absolute Gasteiger partial charge is 0.229 e. The Labute approximate surface area is 217 Å². The second-order valence-electron chi connectivity index (χ2n) is 9.56. The number of rotatable bonds is 7. The van der Waals surface area contributed by atoms with Gasteiger partial charge in [-0.3, -0.25) is 4.79 Å². The number of carbonyl (C=O) groups is 1. The van der Waals surface area contributed by atoms with Crippen molar-refractivity contribution in [3.63, 3.8) is 0 Å². The second-order valence-corrected chi connectivity index (χ2v) is 9.56. The van der Waals surface area contributed by atoms with Gasteiger partial charge in [0.05, 0.1) is 19.8 Å². The van der Waals surface area contributed by atoms with E-state index in [1.807, 2.05) is 43.1 Å². The lowest BCUT2D eigenvalue weighted by atomic mass is 10.1. The zero-order valence-corrected chi connectivity index (χ0v) is 21.5. The number of aromatic nitrogens is 2. The van der Waals surface area contributed by atoms with Crippen LogP contribution in [0, 0.1) is 6.92 Å². The number of hydrogen-bond donors (Lipinski definition) is 2. The number of anilines is 6. The van der Waals surface area contributed by atoms with E-state index in [2.05, 4.69) is 38.3 Å². The highest BCUT2D eigenvalue weighted by Crippen LogP contribution is 2.32. The third kappa shape index (κ3) is 5.84. The molecule has 2 aromatic carbocycles. The van der Waals surface area contributed by atoms with Crippen molar-refractivity contribution in [2.75, 3.05) is 66.5 Å². The van der Waals surface area contributed by atoms with E-state index < -0.39 is 0 Å². The number of benzene rings is 2. The second kappa shape index (κ2) is 11.1. The lowest BCUT2D eigenvalue weighted by Crippen LogP contribution is -2.37. The van der Waals surface area contributed by atoms with Crippen LogP contribution >= 0.6 is 0 Å². The molecule has 2 aliphatic heterocycles. The average molecular weight is 503 g/mol. The van der Waals surface area contributed by atoms with Crippen LogP contribution in [-0.2, 0) is 16.1 Å². The first kappa shape index (κ1) is 25.0. The van der Waals surface area contributed by atoms with E-state index in [0.29, 0.717) is 37.8 Å². The summed E-state index contributed by atoms with van der Waals surface area (Å²) in [5, 5.41) is 13.0. The summed E-state index contributed by atoms with van der Waals surface area (Å²) in [5.41, 5.74) is 6.03. The van der Waals surface area contributed by atoms with Gasteiger partial charge in [-0.2, -0.15) is 4.98 Å². The number of carbonyl (C=O) groups excluding carboxylic acids is 1. The van der Waals surface area contributed by atoms with Gasteiger partial charge in [-0.15, -0.1) is 0 Å². The zero-order valence-electron chi connectivity index (χ0n) is 21.5. The maximum Gasteiger partial charge on any atom is 0.229 e. The van der Waals surface area contributed by atoms with Crippen LogP contribution in [0.4, 0.5) is 34.5 Å². The molecule has 0 spiro atoms. The number of piperidine rings is 1. The highest BCUT2D eigenvalue weighted by Gasteiger charge is 2.20. The van der Waals surface area contributed by atoms with Gasteiger partial charge in [-0.1, -0.05) is 12.1 Å². The third-order valence-corrected chi connectivity index (χ3v) is 7.02. The molecule has 194 valence electrons. The minimum atomic E-state index is -0.00923. The van der Waals surface area contributed by atoms with Crippen molar-refractivity contribution in [2.24, 2.45) is 0 Å². The molecule has 2 N–H and O–H groups in total. The summed E-state index contributed by atoms with van der Waals surface area (Å²) in [4.78, 5) is 27.7. The summed E-state index contributed by atoms with van der Waals surface area (Å²) in [6.07, 6.45) is 2.91. The molecule has 5 rings (SSSR count). The van der Waals surface area contributed by atoms with Gasteiger partial charge in [0.1, 0.15) is 11.6 Å². The first-order valence-corrected chi connectivity index (χ1v) is 12.8. The molecule has 1 aromatic heterocycles. The topological polar surface area (TPSA) is 94.1 Å². The summed E-state index contributed by atoms with van der Waals surface area (Å²) in [6, 6.07) is 14.2. The summed E-state index contributed by atoms with van der Waals surface area (Å²) in [6.45, 7) is 6.58. The predicted octanol–water partition coefficient (Wildman–Crippen LogP) is 3.79. The van der Waals surface area contributed by atoms with E-state index in [1.165, 1.54) is 0 Å². The van der Waals surface area contributed by atoms with Gasteiger partial charge in [0.15, 0.2) is 0 Å². The Morgan fingerprint density at radius 2 is 1.70 bits per heavy atom. The number of nitrogens with one attached hydrogen (secondary N) is 1. The molecule has 0 bridgehead atoms. The van der Waals surface area contributed by atoms with E-state index in [-0.39, 0.29) is 6.61 Å². The molecule has 0 atom stereocenters. The molecule has 9 nitrogen and oxygen atoms in total. The first-order valence-electron chi connectivity index (χ1n) is 12.8. The van der Waals surface area contributed by atoms with Gasteiger partial charge in [-0.25, -0.2) is 4.98 Å². The Hall–Kier alpha value is -3.69. The Balaban J connectivity index is 1.43. The van der Waals surface area contributed by atoms with Crippen LogP contribution < -0.4 is 20.0 Å². The number of morpholine rings is 1. The normalized spacial score (nSPS) is 16.1. The minimum Gasteiger partial charge on any atom is -0.392 e. The molecule has 2 fully saturated rings. The van der Waals surface area contributed by atoms with Crippen molar-refractivity contribution in [1.29, 1.82) is 0 Å². The number of ether oxygens (including phenoxy) is 1. The van der Waals surface area contributed by atoms with Gasteiger partial charge in [0.25, 0.3) is 0 Å². The van der Waals surface area contributed by atoms with Crippen LogP contribution in [0.15, 0.2) is 48.7 Å². The zero-order chi connectivity index (χ0) is 25.8. The molecule has 3 heterocycles. The van der Waals surface area contributed by atoms with Gasteiger partial charge in [0.2, 0.25) is 5.95 Å². The van der Waals surface area contributed by atoms with Gasteiger partial charge in [-0.05, 0) is 48.4 Å². The fourth-order valence-electron chi connectivity index (χ4n) is 4.83. The van der Waals surface area contributed by atoms with Crippen molar-refractivity contribution in [3.8, 4) is 0 Å². The van der Waals surface area contributed by atoms with Crippen LogP contribution in [0.25, 0.3) is 0 Å². The highest BCUT2D eigenvalue weighted by molar-refractivity contribution is 5.81. The number of hydrogen-bond acceptors (Lipinski definition) is 9. The van der Waals surface area contributed by atoms with Crippen molar-refractivity contribution < 1.29 is 14.6 Å². The largest absolute Gasteiger partial charge is 0.392 e. The van der Waals surface area contributed by atoms with E-state index in [9.17, 15) is 9.90 Å². The molecule has 2 saturated heterocycles. The first-order chi connectivity index (χ1) is 18.0. The molecular weight excluding hydrogens is 468 g/mol. The molecule has 0 amide bonds. The van der Waals surface area contributed by atoms with Crippen molar-refractivity contribution in [3.05, 3.63) is 59.8 Å². The molecule has 0 aliphatic carbocycles. The van der Waals surface area contributed by atoms with Crippen LogP contribution in [0.1, 0.15) is 24.0 Å². The summed E-state index contributed by atoms with van der Waals surface area (Å²) < 4.78 is 5.56. The fourth-order valence-corrected chi connectivity index (χ4v) is 4.83. The molecule has 0 unspecified atom stereocenters. The lowest BCUT2D eigenvalue weighted by molar-refractivity contribution is -0.119. The van der Waals surface area contributed by atoms with Crippen LogP contribution in [0.5, 0.6) is 0 Å². The van der Waals surface area contributed by atoms with E-state index in [1.54, 1.807) is 6.20 Å². The Morgan fingerprint density at radius 1 is 1.00 bits per heavy atom. The predicted molar refractivity (Wildman–Crippen MR) is 146 cm³/mol. The fraction of sp³-hybridized carbons (Fsp3) is 0.393. The average Bonchev–Trinajstić information content (AvgIpc) is 2.94. The summed E-state index contributed by atoms with van der Waals surface area (Å²) in [5.74, 6) is 1.57. The van der Waals surface area contributed by atoms with Crippen molar-refractivity contribution in [2.45, 2.75) is 26.4 Å². The Bertz CT molecular complexity index is 1250. The third-order valence-electron chi connectivity index (χ3n) is 7.02. The van der Waals surface area contributed by atoms with Gasteiger partial charge in [0, 0.05) is 75.0 Å². The highest BCUT2D eigenvalue weighted by atomic mass is 16.5. The Kier molecular flexibility index (Phi) is 7.52.